The highest BCUT2D eigenvalue weighted by Gasteiger charge is 2.32. The molecule has 0 saturated carbocycles. The van der Waals surface area contributed by atoms with Gasteiger partial charge in [0.25, 0.3) is 0 Å². The number of nitrogens with two attached hydrogens (primary N) is 2. The van der Waals surface area contributed by atoms with Crippen LogP contribution < -0.4 is 38.1 Å². The van der Waals surface area contributed by atoms with E-state index in [1.165, 1.54) is 18.9 Å². The zero-order valence-corrected chi connectivity index (χ0v) is 26.5. The predicted molar refractivity (Wildman–Crippen MR) is 174 cm³/mol. The molecular weight excluding hydrogens is 640 g/mol. The standard InChI is InChI=1S/C30H42N12O7/c31-20(10-18-12-34-15-37-18)25(44)39-21(7-4-8-36-30(32)33)26(45)40-22(11-19-13-35-16-38-19)27(46)42-24(14-43)28(47)41-23(29(48)49)9-17-5-2-1-3-6-17/h1-3,5-6,12-13,15-16,20-24,43H,4,7-11,14,31H2,(H,34,37)(H,35,38)(H,39,44)(H,40,45)(H,41,47)(H,42,46)(H,48,49)(H4,32,33,36)/t20-,21-,22-,23-,24-/m0/s1. The van der Waals surface area contributed by atoms with Gasteiger partial charge in [-0.3, -0.25) is 24.6 Å². The summed E-state index contributed by atoms with van der Waals surface area (Å²) in [7, 11) is 0. The Morgan fingerprint density at radius 3 is 1.90 bits per heavy atom. The summed E-state index contributed by atoms with van der Waals surface area (Å²) in [6.07, 6.45) is 6.08. The van der Waals surface area contributed by atoms with Crippen molar-refractivity contribution in [3.63, 3.8) is 0 Å². The van der Waals surface area contributed by atoms with E-state index in [9.17, 15) is 34.2 Å². The number of carboxylic acids is 1. The molecule has 5 atom stereocenters. The van der Waals surface area contributed by atoms with Crippen molar-refractivity contribution in [2.75, 3.05) is 13.2 Å². The van der Waals surface area contributed by atoms with Crippen LogP contribution in [0.2, 0.25) is 0 Å². The number of hydrogen-bond donors (Lipinski definition) is 12. The second-order valence-electron chi connectivity index (χ2n) is 11.1. The van der Waals surface area contributed by atoms with Gasteiger partial charge >= 0.3 is 5.97 Å². The molecule has 0 aliphatic carbocycles. The molecule has 0 spiro atoms. The molecule has 0 unspecified atom stereocenters. The first kappa shape index (κ1) is 37.6. The minimum atomic E-state index is -1.57. The average molecular weight is 683 g/mol. The second kappa shape index (κ2) is 19.1. The highest BCUT2D eigenvalue weighted by atomic mass is 16.4. The van der Waals surface area contributed by atoms with Gasteiger partial charge < -0.3 is 58.2 Å². The Bertz CT molecular complexity index is 1520. The van der Waals surface area contributed by atoms with E-state index in [2.05, 4.69) is 46.5 Å². The van der Waals surface area contributed by atoms with Gasteiger partial charge in [0.2, 0.25) is 23.6 Å². The van der Waals surface area contributed by atoms with E-state index in [1.54, 1.807) is 36.5 Å². The molecule has 19 nitrogen and oxygen atoms in total. The quantitative estimate of drug-likeness (QED) is 0.0318. The highest BCUT2D eigenvalue weighted by molar-refractivity contribution is 5.95. The maximum Gasteiger partial charge on any atom is 0.326 e. The SMILES string of the molecule is N=C(N)NCCC[C@H](NC(=O)[C@@H](N)Cc1c[nH]cn1)C(=O)N[C@@H](Cc1c[nH]cn1)C(=O)N[C@@H](CO)C(=O)N[C@@H](Cc1ccccc1)C(=O)O. The summed E-state index contributed by atoms with van der Waals surface area (Å²) in [5.41, 5.74) is 12.9. The number of carboxylic acid groups (broad SMARTS) is 1. The molecule has 0 bridgehead atoms. The molecule has 0 aliphatic heterocycles. The van der Waals surface area contributed by atoms with E-state index in [0.717, 1.165) is 0 Å². The molecule has 2 aromatic heterocycles. The Kier molecular flexibility index (Phi) is 14.7. The fourth-order valence-corrected chi connectivity index (χ4v) is 4.68. The molecule has 3 aromatic rings. The largest absolute Gasteiger partial charge is 0.480 e. The van der Waals surface area contributed by atoms with E-state index in [-0.39, 0.29) is 44.6 Å². The van der Waals surface area contributed by atoms with E-state index in [1.807, 2.05) is 0 Å². The molecule has 14 N–H and O–H groups in total. The third-order valence-corrected chi connectivity index (χ3v) is 7.25. The highest BCUT2D eigenvalue weighted by Crippen LogP contribution is 2.07. The summed E-state index contributed by atoms with van der Waals surface area (Å²) in [5.74, 6) is -4.87. The molecule has 0 radical (unpaired) electrons. The zero-order valence-electron chi connectivity index (χ0n) is 26.5. The van der Waals surface area contributed by atoms with Crippen molar-refractivity contribution in [3.8, 4) is 0 Å². The van der Waals surface area contributed by atoms with Gasteiger partial charge in [0, 0.05) is 38.2 Å². The predicted octanol–water partition coefficient (Wildman–Crippen LogP) is -3.23. The number of aliphatic carboxylic acids is 1. The topological polar surface area (TPSA) is 319 Å². The van der Waals surface area contributed by atoms with Crippen molar-refractivity contribution in [1.82, 2.24) is 46.5 Å². The molecule has 2 heterocycles. The first-order chi connectivity index (χ1) is 23.5. The summed E-state index contributed by atoms with van der Waals surface area (Å²) < 4.78 is 0. The summed E-state index contributed by atoms with van der Waals surface area (Å²) in [5, 5.41) is 39.5. The van der Waals surface area contributed by atoms with Crippen LogP contribution in [0, 0.1) is 5.41 Å². The Hall–Kier alpha value is -5.82. The molecular formula is C30H42N12O7. The normalized spacial score (nSPS) is 13.9. The number of amides is 4. The number of carbonyl (C=O) groups is 5. The Morgan fingerprint density at radius 2 is 1.33 bits per heavy atom. The zero-order chi connectivity index (χ0) is 35.8. The number of imidazole rings is 2. The van der Waals surface area contributed by atoms with Crippen LogP contribution in [0.4, 0.5) is 0 Å². The van der Waals surface area contributed by atoms with Gasteiger partial charge in [-0.25, -0.2) is 14.8 Å². The first-order valence-electron chi connectivity index (χ1n) is 15.3. The first-order valence-corrected chi connectivity index (χ1v) is 15.3. The lowest BCUT2D eigenvalue weighted by Crippen LogP contribution is -2.59. The van der Waals surface area contributed by atoms with Gasteiger partial charge in [0.15, 0.2) is 5.96 Å². The van der Waals surface area contributed by atoms with Crippen LogP contribution in [0.15, 0.2) is 55.4 Å². The Labute approximate surface area is 280 Å². The number of nitrogens with zero attached hydrogens (tertiary/aromatic N) is 2. The number of H-pyrrole nitrogens is 2. The third kappa shape index (κ3) is 12.7. The number of benzene rings is 1. The fraction of sp³-hybridized carbons (Fsp3) is 0.400. The van der Waals surface area contributed by atoms with E-state index in [4.69, 9.17) is 16.9 Å². The van der Waals surface area contributed by atoms with Gasteiger partial charge in [0.05, 0.1) is 36.7 Å². The van der Waals surface area contributed by atoms with Crippen LogP contribution >= 0.6 is 0 Å². The van der Waals surface area contributed by atoms with Crippen LogP contribution in [0.5, 0.6) is 0 Å². The van der Waals surface area contributed by atoms with Gasteiger partial charge in [0.1, 0.15) is 24.2 Å². The van der Waals surface area contributed by atoms with Crippen molar-refractivity contribution >= 4 is 35.6 Å². The number of nitrogens with one attached hydrogen (secondary N) is 8. The van der Waals surface area contributed by atoms with E-state index >= 15 is 0 Å². The number of aromatic nitrogens is 4. The second-order valence-corrected chi connectivity index (χ2v) is 11.1. The number of hydrogen-bond acceptors (Lipinski definition) is 10. The summed E-state index contributed by atoms with van der Waals surface area (Å²) in [4.78, 5) is 78.7. The minimum absolute atomic E-state index is 0.0494. The fourth-order valence-electron chi connectivity index (χ4n) is 4.68. The lowest BCUT2D eigenvalue weighted by Gasteiger charge is -2.26. The van der Waals surface area contributed by atoms with Crippen LogP contribution in [-0.4, -0.2) is 109 Å². The van der Waals surface area contributed by atoms with Crippen molar-refractivity contribution in [1.29, 1.82) is 5.41 Å². The molecule has 1 aromatic carbocycles. The number of aliphatic hydroxyl groups excluding tert-OH is 1. The van der Waals surface area contributed by atoms with Gasteiger partial charge in [-0.05, 0) is 18.4 Å². The minimum Gasteiger partial charge on any atom is -0.480 e. The molecule has 49 heavy (non-hydrogen) atoms. The van der Waals surface area contributed by atoms with Crippen molar-refractivity contribution in [3.05, 3.63) is 72.3 Å². The lowest BCUT2D eigenvalue weighted by molar-refractivity contribution is -0.142. The van der Waals surface area contributed by atoms with Crippen molar-refractivity contribution < 1.29 is 34.2 Å². The molecule has 19 heteroatoms. The lowest BCUT2D eigenvalue weighted by atomic mass is 10.0. The number of aliphatic hydroxyl groups is 1. The smallest absolute Gasteiger partial charge is 0.326 e. The van der Waals surface area contributed by atoms with E-state index < -0.39 is 66.4 Å². The number of carbonyl (C=O) groups excluding carboxylic acids is 4. The van der Waals surface area contributed by atoms with Gasteiger partial charge in [-0.1, -0.05) is 30.3 Å². The van der Waals surface area contributed by atoms with Crippen LogP contribution in [0.3, 0.4) is 0 Å². The third-order valence-electron chi connectivity index (χ3n) is 7.25. The van der Waals surface area contributed by atoms with Gasteiger partial charge in [-0.15, -0.1) is 0 Å². The average Bonchev–Trinajstić information content (AvgIpc) is 3.79. The Morgan fingerprint density at radius 1 is 0.776 bits per heavy atom. The molecule has 0 saturated heterocycles. The number of aromatic amines is 2. The van der Waals surface area contributed by atoms with Crippen LogP contribution in [-0.2, 0) is 43.2 Å². The monoisotopic (exact) mass is 682 g/mol. The molecule has 4 amide bonds. The summed E-state index contributed by atoms with van der Waals surface area (Å²) >= 11 is 0. The molecule has 0 aliphatic rings. The summed E-state index contributed by atoms with van der Waals surface area (Å²) in [6.45, 7) is -0.672. The van der Waals surface area contributed by atoms with E-state index in [0.29, 0.717) is 17.0 Å². The maximum atomic E-state index is 13.6. The number of guanidine groups is 1. The van der Waals surface area contributed by atoms with Gasteiger partial charge in [-0.2, -0.15) is 0 Å². The van der Waals surface area contributed by atoms with Crippen molar-refractivity contribution in [2.45, 2.75) is 62.3 Å². The molecule has 3 rings (SSSR count). The molecule has 0 fully saturated rings. The van der Waals surface area contributed by atoms with Crippen molar-refractivity contribution in [2.24, 2.45) is 11.5 Å². The molecule has 264 valence electrons. The summed E-state index contributed by atoms with van der Waals surface area (Å²) in [6, 6.07) is 2.04. The van der Waals surface area contributed by atoms with Crippen LogP contribution in [0.1, 0.15) is 29.8 Å². The van der Waals surface area contributed by atoms with Crippen LogP contribution in [0.25, 0.3) is 0 Å². The Balaban J connectivity index is 1.73. The number of rotatable bonds is 20. The maximum absolute atomic E-state index is 13.6.